The van der Waals surface area contributed by atoms with Crippen molar-refractivity contribution in [2.24, 2.45) is 0 Å². The molecule has 0 spiro atoms. The maximum Gasteiger partial charge on any atom is 0.266 e. The average molecular weight is 552 g/mol. The van der Waals surface area contributed by atoms with Crippen molar-refractivity contribution < 1.29 is 0 Å². The van der Waals surface area contributed by atoms with Gasteiger partial charge < -0.3 is 0 Å². The lowest BCUT2D eigenvalue weighted by Gasteiger charge is -2.42. The normalized spacial score (nSPS) is 7.22. The zero-order valence-electron chi connectivity index (χ0n) is 25.3. The second-order valence-electron chi connectivity index (χ2n) is 9.95. The molecule has 0 aliphatic heterocycles. The van der Waals surface area contributed by atoms with E-state index in [0.29, 0.717) is 0 Å². The van der Waals surface area contributed by atoms with Gasteiger partial charge in [-0.3, -0.25) is 0 Å². The van der Waals surface area contributed by atoms with Gasteiger partial charge in [0, 0.05) is 12.8 Å². The van der Waals surface area contributed by atoms with Crippen LogP contribution >= 0.6 is 0 Å². The van der Waals surface area contributed by atoms with Gasteiger partial charge in [-0.05, 0) is 0 Å². The molecule has 0 aromatic rings. The fourth-order valence-electron chi connectivity index (χ4n) is 6.25. The van der Waals surface area contributed by atoms with Crippen LogP contribution in [0.15, 0.2) is 0 Å². The van der Waals surface area contributed by atoms with E-state index in [9.17, 15) is 0 Å². The molecule has 0 aromatic carbocycles. The van der Waals surface area contributed by atoms with Crippen molar-refractivity contribution in [3.8, 4) is 196 Å². The Morgan fingerprint density at radius 2 is 0.239 bits per heavy atom. The molecule has 0 aliphatic carbocycles. The van der Waals surface area contributed by atoms with Crippen LogP contribution in [0.3, 0.4) is 0 Å². The van der Waals surface area contributed by atoms with Crippen LogP contribution < -0.4 is 0 Å². The lowest BCUT2D eigenvalue weighted by Crippen LogP contribution is -2.86. The molecule has 0 aliphatic rings. The Morgan fingerprint density at radius 3 is 0.304 bits per heavy atom. The Hall–Kier alpha value is -6.13. The summed E-state index contributed by atoms with van der Waals surface area (Å²) in [4.78, 5) is 0. The molecule has 0 unspecified atom stereocenters. The van der Waals surface area contributed by atoms with E-state index in [1.54, 1.807) is 0 Å². The van der Waals surface area contributed by atoms with Gasteiger partial charge in [0.1, 0.15) is 25.5 Å². The minimum absolute atomic E-state index is 1.03. The number of terminal acetylenes is 16. The molecule has 14 heteroatoms. The quantitative estimate of drug-likeness (QED) is 0.166. The molecule has 0 saturated carbocycles. The maximum absolute atomic E-state index is 6.00. The van der Waals surface area contributed by atoms with Crippen molar-refractivity contribution >= 4 is 91.1 Å². The van der Waals surface area contributed by atoms with Crippen molar-refractivity contribution in [2.75, 3.05) is 0 Å². The second kappa shape index (κ2) is 20.7. The third-order valence-corrected chi connectivity index (χ3v) is 8.17. The van der Waals surface area contributed by atoms with E-state index in [-0.39, 0.29) is 0 Å². The SMILES string of the molecule is C#CB(C#C)B(B(C#C)C#C)B(B(B(C#C)C#C)B(C#C)C#C)B(B(B(C#C)C#C)B(C#C)C#C)B(B(C#C)C#C)B(C#C)C#C. The van der Waals surface area contributed by atoms with Crippen molar-refractivity contribution in [3.05, 3.63) is 0 Å². The minimum atomic E-state index is -1.07. The van der Waals surface area contributed by atoms with Crippen LogP contribution in [0.25, 0.3) is 0 Å². The monoisotopic (exact) mass is 554 g/mol. The molecule has 186 valence electrons. The van der Waals surface area contributed by atoms with Gasteiger partial charge in [-0.2, -0.15) is 93.1 Å². The first-order valence-electron chi connectivity index (χ1n) is 13.6. The Bertz CT molecular complexity index is 1340. The predicted molar refractivity (Wildman–Crippen MR) is 222 cm³/mol. The van der Waals surface area contributed by atoms with Crippen LogP contribution in [0.2, 0.25) is 0 Å². The molecule has 0 nitrogen and oxygen atoms in total. The first-order valence-corrected chi connectivity index (χ1v) is 13.6. The highest BCUT2D eigenvalue weighted by Gasteiger charge is 2.63. The average Bonchev–Trinajstić information content (AvgIpc) is 3.09. The van der Waals surface area contributed by atoms with Crippen LogP contribution in [-0.4, -0.2) is 91.1 Å². The van der Waals surface area contributed by atoms with Crippen LogP contribution in [-0.2, 0) is 0 Å². The van der Waals surface area contributed by atoms with Crippen LogP contribution in [0.4, 0.5) is 0 Å². The zero-order valence-corrected chi connectivity index (χ0v) is 25.3. The smallest absolute Gasteiger partial charge is 0.152 e. The lowest BCUT2D eigenvalue weighted by molar-refractivity contribution is 2.68. The molecule has 46 heavy (non-hydrogen) atoms. The molecule has 0 heterocycles. The van der Waals surface area contributed by atoms with Crippen LogP contribution in [0.1, 0.15) is 0 Å². The predicted octanol–water partition coefficient (Wildman–Crippen LogP) is -3.31. The molecule has 0 fully saturated rings. The number of rotatable bonds is 13. The summed E-state index contributed by atoms with van der Waals surface area (Å²) in [6.45, 7) is -8.58. The molecule has 0 aromatic heterocycles. The molecule has 0 amide bonds. The fourth-order valence-corrected chi connectivity index (χ4v) is 6.25. The summed E-state index contributed by atoms with van der Waals surface area (Å²) in [6, 6.07) is 0. The highest BCUT2D eigenvalue weighted by molar-refractivity contribution is 8.19. The molecule has 0 N–H and O–H groups in total. The fraction of sp³-hybridized carbons (Fsp3) is 0. The second-order valence-corrected chi connectivity index (χ2v) is 9.95. The Kier molecular flexibility index (Phi) is 18.0. The highest BCUT2D eigenvalue weighted by atomic mass is 13.6. The van der Waals surface area contributed by atoms with Gasteiger partial charge in [0.2, 0.25) is 0 Å². The summed E-state index contributed by atoms with van der Waals surface area (Å²) < 4.78 is 0. The van der Waals surface area contributed by atoms with Gasteiger partial charge in [0.25, 0.3) is 52.8 Å². The summed E-state index contributed by atoms with van der Waals surface area (Å²) >= 11 is 0. The van der Waals surface area contributed by atoms with E-state index in [2.05, 4.69) is 93.1 Å². The van der Waals surface area contributed by atoms with E-state index in [1.807, 2.05) is 0 Å². The molecule has 0 radical (unpaired) electrons. The van der Waals surface area contributed by atoms with Crippen molar-refractivity contribution in [1.29, 1.82) is 0 Å². The summed E-state index contributed by atoms with van der Waals surface area (Å²) in [5, 5.41) is 0. The molecule has 0 atom stereocenters. The van der Waals surface area contributed by atoms with Crippen LogP contribution in [0.5, 0.6) is 0 Å². The molecular formula is C32H16B14. The summed E-state index contributed by atoms with van der Waals surface area (Å²) in [7, 11) is 0. The molecular weight excluding hydrogens is 536 g/mol. The Labute approximate surface area is 285 Å². The van der Waals surface area contributed by atoms with Gasteiger partial charge in [-0.1, -0.05) is 0 Å². The molecule has 0 rings (SSSR count). The van der Waals surface area contributed by atoms with Crippen molar-refractivity contribution in [1.82, 2.24) is 0 Å². The van der Waals surface area contributed by atoms with Gasteiger partial charge in [0.05, 0.1) is 0 Å². The highest BCUT2D eigenvalue weighted by Crippen LogP contribution is 2.20. The molecule has 0 saturated heterocycles. The summed E-state index contributed by atoms with van der Waals surface area (Å²) in [6.07, 6.45) is 89.8. The first kappa shape index (κ1) is 39.9. The van der Waals surface area contributed by atoms with E-state index >= 15 is 0 Å². The number of hydrogen-bond acceptors (Lipinski definition) is 0. The van der Waals surface area contributed by atoms with Gasteiger partial charge in [-0.25, -0.2) is 0 Å². The van der Waals surface area contributed by atoms with Crippen LogP contribution in [0, 0.1) is 196 Å². The van der Waals surface area contributed by atoms with E-state index in [0.717, 1.165) is 0 Å². The van der Waals surface area contributed by atoms with Crippen molar-refractivity contribution in [2.45, 2.75) is 0 Å². The number of hydrogen-bond donors (Lipinski definition) is 0. The third kappa shape index (κ3) is 8.49. The molecule has 0 bridgehead atoms. The van der Waals surface area contributed by atoms with Crippen molar-refractivity contribution in [3.63, 3.8) is 0 Å². The standard InChI is InChI=1S/C32H16B14/c1-17-33(18-2)41(34(19-3)20-4)45(42(35(21-5)22-6)36(23-7)24-8)46(43(37(25-9)26-10)38(27-11)28-12)44(39(29-13)30-14)40(31-15)32-16/h1-16H. The maximum atomic E-state index is 6.00. The van der Waals surface area contributed by atoms with Gasteiger partial charge in [-0.15, -0.1) is 103 Å². The topological polar surface area (TPSA) is 0 Å². The lowest BCUT2D eigenvalue weighted by atomic mass is 8.37. The van der Waals surface area contributed by atoms with Gasteiger partial charge >= 0.3 is 0 Å². The summed E-state index contributed by atoms with van der Waals surface area (Å²) in [5.74, 6) is 41.5. The van der Waals surface area contributed by atoms with E-state index in [1.165, 1.54) is 0 Å². The summed E-state index contributed by atoms with van der Waals surface area (Å²) in [5.41, 5.74) is 0. The Morgan fingerprint density at radius 1 is 0.152 bits per heavy atom. The van der Waals surface area contributed by atoms with Gasteiger partial charge in [0.15, 0.2) is 0 Å². The van der Waals surface area contributed by atoms with E-state index < -0.39 is 91.1 Å². The minimum Gasteiger partial charge on any atom is -0.152 e. The Balaban J connectivity index is 9.46. The largest absolute Gasteiger partial charge is 0.266 e. The van der Waals surface area contributed by atoms with E-state index in [4.69, 9.17) is 103 Å². The third-order valence-electron chi connectivity index (χ3n) is 8.17. The first-order chi connectivity index (χ1) is 22.2. The zero-order chi connectivity index (χ0) is 35.4.